The molecule has 9 aromatic rings. The van der Waals surface area contributed by atoms with Crippen molar-refractivity contribution in [2.24, 2.45) is 0 Å². The maximum Gasteiger partial charge on any atom is 0.135 e. The standard InChI is InChI=1S/C49H41N4OSSi.Pt/c1-49(2,3)33-14-11-15-34(27-33)51-31-52(42-20-10-9-19-41(42)51)35-16-12-17-36(28-35)54-37-22-23-40-43(29-37)53(45-30-38(25-26-50-45)56(4,5)6)47-46-39-18-8-7-13-32(39)21-24-44(46)55-48(40)47;/h7-27,30-31H,1-6H3;/q-3;. The number of hydrogen-bond acceptors (Lipinski definition) is 5. The molecule has 0 amide bonds. The van der Waals surface area contributed by atoms with E-state index in [-0.39, 0.29) is 26.5 Å². The molecule has 5 nitrogen and oxygen atoms in total. The van der Waals surface area contributed by atoms with Crippen LogP contribution >= 0.6 is 11.3 Å². The first-order valence-electron chi connectivity index (χ1n) is 19.1. The molecule has 8 heteroatoms. The number of ether oxygens (including phenoxy) is 1. The maximum absolute atomic E-state index is 6.65. The molecule has 0 spiro atoms. The summed E-state index contributed by atoms with van der Waals surface area (Å²) in [6.07, 6.45) is 1.96. The molecule has 0 aliphatic carbocycles. The van der Waals surface area contributed by atoms with E-state index in [4.69, 9.17) is 9.72 Å². The molecule has 0 radical (unpaired) electrons. The minimum atomic E-state index is -1.63. The molecule has 1 aliphatic heterocycles. The quantitative estimate of drug-likeness (QED) is 0.123. The first-order valence-corrected chi connectivity index (χ1v) is 23.4. The van der Waals surface area contributed by atoms with Crippen LogP contribution in [0.5, 0.6) is 11.5 Å². The molecular weight excluding hydrogens is 916 g/mol. The molecule has 0 saturated heterocycles. The van der Waals surface area contributed by atoms with E-state index >= 15 is 0 Å². The van der Waals surface area contributed by atoms with Crippen LogP contribution in [0.25, 0.3) is 47.8 Å². The number of fused-ring (bicyclic) bond motifs is 8. The summed E-state index contributed by atoms with van der Waals surface area (Å²) in [5.41, 5.74) is 7.66. The van der Waals surface area contributed by atoms with Gasteiger partial charge in [-0.05, 0) is 64.2 Å². The number of hydrogen-bond donors (Lipinski definition) is 0. The Bertz CT molecular complexity index is 2990. The van der Waals surface area contributed by atoms with Gasteiger partial charge in [-0.15, -0.1) is 54.0 Å². The number of nitrogens with zero attached hydrogens (tertiary/aromatic N) is 4. The summed E-state index contributed by atoms with van der Waals surface area (Å²) in [6, 6.07) is 52.5. The average molecular weight is 957 g/mol. The van der Waals surface area contributed by atoms with Crippen LogP contribution in [0.2, 0.25) is 19.6 Å². The largest absolute Gasteiger partial charge is 0.509 e. The van der Waals surface area contributed by atoms with Crippen molar-refractivity contribution >= 4 is 89.3 Å². The van der Waals surface area contributed by atoms with Crippen LogP contribution in [0.1, 0.15) is 26.3 Å². The van der Waals surface area contributed by atoms with Gasteiger partial charge in [-0.3, -0.25) is 0 Å². The second-order valence-electron chi connectivity index (χ2n) is 16.7. The van der Waals surface area contributed by atoms with Crippen LogP contribution in [0.3, 0.4) is 0 Å². The van der Waals surface area contributed by atoms with Crippen LogP contribution in [-0.2, 0) is 26.5 Å². The molecule has 1 aliphatic rings. The Hall–Kier alpha value is -5.20. The van der Waals surface area contributed by atoms with Crippen molar-refractivity contribution < 1.29 is 25.8 Å². The fourth-order valence-electron chi connectivity index (χ4n) is 7.87. The van der Waals surface area contributed by atoms with E-state index in [1.54, 1.807) is 0 Å². The SMILES string of the molecule is CC(C)(C)c1cccc(N2[CH-]N(c3[c-]c(Oc4[c-]c5c(cc4)c4sc6ccc7ccccc7c6c4n5-c4cc([Si](C)(C)C)ccn4)ccc3)c3ccccc32)c1.[Pt]. The Morgan fingerprint density at radius 2 is 1.47 bits per heavy atom. The second-order valence-corrected chi connectivity index (χ2v) is 22.8. The zero-order chi connectivity index (χ0) is 38.3. The molecular formula is C49H41N4OPtSSi-3. The third kappa shape index (κ3) is 6.46. The summed E-state index contributed by atoms with van der Waals surface area (Å²) < 4.78 is 11.4. The molecule has 57 heavy (non-hydrogen) atoms. The van der Waals surface area contributed by atoms with Crippen molar-refractivity contribution in [2.45, 2.75) is 45.8 Å². The zero-order valence-electron chi connectivity index (χ0n) is 32.7. The molecule has 0 unspecified atom stereocenters. The van der Waals surface area contributed by atoms with E-state index in [1.807, 2.05) is 35.7 Å². The fourth-order valence-corrected chi connectivity index (χ4v) is 10.2. The molecule has 10 rings (SSSR count). The van der Waals surface area contributed by atoms with Crippen molar-refractivity contribution in [3.63, 3.8) is 0 Å². The van der Waals surface area contributed by atoms with Crippen molar-refractivity contribution in [2.75, 3.05) is 9.80 Å². The Kier molecular flexibility index (Phi) is 9.19. The molecule has 0 fully saturated rings. The van der Waals surface area contributed by atoms with Gasteiger partial charge < -0.3 is 19.1 Å². The third-order valence-electron chi connectivity index (χ3n) is 10.8. The van der Waals surface area contributed by atoms with E-state index in [0.717, 1.165) is 39.5 Å². The van der Waals surface area contributed by atoms with E-state index in [1.165, 1.54) is 41.8 Å². The van der Waals surface area contributed by atoms with Gasteiger partial charge in [0.2, 0.25) is 0 Å². The van der Waals surface area contributed by atoms with Gasteiger partial charge in [-0.2, -0.15) is 12.1 Å². The average Bonchev–Trinajstić information content (AvgIpc) is 3.87. The van der Waals surface area contributed by atoms with Crippen molar-refractivity contribution in [3.05, 3.63) is 158 Å². The van der Waals surface area contributed by atoms with Crippen LogP contribution in [0.4, 0.5) is 22.7 Å². The molecule has 0 N–H and O–H groups in total. The van der Waals surface area contributed by atoms with Gasteiger partial charge in [0, 0.05) is 70.6 Å². The van der Waals surface area contributed by atoms with E-state index in [2.05, 4.69) is 183 Å². The van der Waals surface area contributed by atoms with Gasteiger partial charge >= 0.3 is 0 Å². The second kappa shape index (κ2) is 14.0. The van der Waals surface area contributed by atoms with Crippen LogP contribution in [0.15, 0.2) is 134 Å². The number of aromatic nitrogens is 2. The summed E-state index contributed by atoms with van der Waals surface area (Å²) in [4.78, 5) is 9.45. The number of rotatable bonds is 6. The predicted molar refractivity (Wildman–Crippen MR) is 239 cm³/mol. The topological polar surface area (TPSA) is 33.5 Å². The van der Waals surface area contributed by atoms with Gasteiger partial charge in [0.1, 0.15) is 5.82 Å². The number of thiophene rings is 1. The van der Waals surface area contributed by atoms with E-state index in [0.29, 0.717) is 11.5 Å². The summed E-state index contributed by atoms with van der Waals surface area (Å²) in [7, 11) is -1.63. The summed E-state index contributed by atoms with van der Waals surface area (Å²) >= 11 is 1.83. The molecule has 0 saturated carbocycles. The molecule has 0 bridgehead atoms. The third-order valence-corrected chi connectivity index (χ3v) is 14.1. The van der Waals surface area contributed by atoms with E-state index in [9.17, 15) is 0 Å². The maximum atomic E-state index is 6.65. The molecule has 0 atom stereocenters. The predicted octanol–water partition coefficient (Wildman–Crippen LogP) is 13.2. The molecule has 3 aromatic heterocycles. The summed E-state index contributed by atoms with van der Waals surface area (Å²) in [5.74, 6) is 2.15. The fraction of sp³-hybridized carbons (Fsp3) is 0.143. The van der Waals surface area contributed by atoms with Crippen LogP contribution in [0, 0.1) is 18.8 Å². The monoisotopic (exact) mass is 956 g/mol. The minimum absolute atomic E-state index is 0. The molecule has 4 heterocycles. The van der Waals surface area contributed by atoms with Gasteiger partial charge in [0.25, 0.3) is 0 Å². The van der Waals surface area contributed by atoms with Crippen LogP contribution in [-0.4, -0.2) is 17.6 Å². The van der Waals surface area contributed by atoms with Gasteiger partial charge in [0.05, 0.1) is 13.6 Å². The molecule has 6 aromatic carbocycles. The van der Waals surface area contributed by atoms with Crippen molar-refractivity contribution in [3.8, 4) is 17.3 Å². The Balaban J connectivity index is 0.00000422. The first kappa shape index (κ1) is 37.4. The van der Waals surface area contributed by atoms with Crippen molar-refractivity contribution in [1.82, 2.24) is 9.55 Å². The minimum Gasteiger partial charge on any atom is -0.509 e. The Morgan fingerprint density at radius 1 is 0.719 bits per heavy atom. The number of para-hydroxylation sites is 2. The Morgan fingerprint density at radius 3 is 2.28 bits per heavy atom. The van der Waals surface area contributed by atoms with Crippen LogP contribution < -0.4 is 19.7 Å². The van der Waals surface area contributed by atoms with Crippen molar-refractivity contribution in [1.29, 1.82) is 0 Å². The van der Waals surface area contributed by atoms with Gasteiger partial charge in [-0.1, -0.05) is 111 Å². The number of benzene rings is 6. The number of pyridine rings is 1. The van der Waals surface area contributed by atoms with E-state index < -0.39 is 8.07 Å². The molecule has 286 valence electrons. The zero-order valence-corrected chi connectivity index (χ0v) is 36.8. The van der Waals surface area contributed by atoms with Gasteiger partial charge in [-0.25, -0.2) is 4.98 Å². The Labute approximate surface area is 353 Å². The normalized spacial score (nSPS) is 13.2. The number of anilines is 4. The summed E-state index contributed by atoms with van der Waals surface area (Å²) in [6.45, 7) is 16.0. The summed E-state index contributed by atoms with van der Waals surface area (Å²) in [5, 5.41) is 6.21. The first-order chi connectivity index (χ1) is 27.0. The smallest absolute Gasteiger partial charge is 0.135 e. The van der Waals surface area contributed by atoms with Gasteiger partial charge in [0.15, 0.2) is 0 Å².